The van der Waals surface area contributed by atoms with Crippen LogP contribution in [0.5, 0.6) is 0 Å². The zero-order valence-electron chi connectivity index (χ0n) is 11.7. The fourth-order valence-electron chi connectivity index (χ4n) is 1.99. The van der Waals surface area contributed by atoms with E-state index in [0.717, 1.165) is 30.0 Å². The average Bonchev–Trinajstić information content (AvgIpc) is 2.82. The van der Waals surface area contributed by atoms with E-state index in [4.69, 9.17) is 0 Å². The lowest BCUT2D eigenvalue weighted by atomic mass is 10.2. The van der Waals surface area contributed by atoms with Crippen molar-refractivity contribution in [2.75, 3.05) is 6.54 Å². The summed E-state index contributed by atoms with van der Waals surface area (Å²) in [7, 11) is 0. The molecule has 1 N–H and O–H groups in total. The molecule has 1 heterocycles. The van der Waals surface area contributed by atoms with Crippen molar-refractivity contribution in [3.8, 4) is 10.6 Å². The lowest BCUT2D eigenvalue weighted by Gasteiger charge is -2.01. The van der Waals surface area contributed by atoms with E-state index in [-0.39, 0.29) is 5.56 Å². The van der Waals surface area contributed by atoms with E-state index in [0.29, 0.717) is 11.6 Å². The molecule has 5 heteroatoms. The Bertz CT molecular complexity index is 561. The number of nitrogens with one attached hydrogen (secondary N) is 1. The minimum atomic E-state index is -0.561. The zero-order chi connectivity index (χ0) is 14.5. The standard InChI is InChI=1S/C15H18F2N2S/c1-3-8-18-9-13-12(4-2)19-15(20-13)14-10(16)6-5-7-11(14)17/h5-7,18H,3-4,8-9H2,1-2H3. The van der Waals surface area contributed by atoms with Crippen molar-refractivity contribution in [3.63, 3.8) is 0 Å². The molecule has 0 spiro atoms. The molecule has 0 fully saturated rings. The molecule has 1 aromatic heterocycles. The summed E-state index contributed by atoms with van der Waals surface area (Å²) >= 11 is 1.36. The van der Waals surface area contributed by atoms with Gasteiger partial charge in [-0.05, 0) is 31.5 Å². The van der Waals surface area contributed by atoms with Gasteiger partial charge in [-0.3, -0.25) is 0 Å². The van der Waals surface area contributed by atoms with E-state index >= 15 is 0 Å². The summed E-state index contributed by atoms with van der Waals surface area (Å²) in [6, 6.07) is 3.90. The van der Waals surface area contributed by atoms with Gasteiger partial charge in [0.05, 0.1) is 11.3 Å². The Hall–Kier alpha value is -1.33. The highest BCUT2D eigenvalue weighted by molar-refractivity contribution is 7.15. The number of aromatic nitrogens is 1. The Kier molecular flexibility index (Phi) is 5.20. The highest BCUT2D eigenvalue weighted by atomic mass is 32.1. The third-order valence-corrected chi connectivity index (χ3v) is 4.12. The van der Waals surface area contributed by atoms with Crippen LogP contribution in [0.3, 0.4) is 0 Å². The highest BCUT2D eigenvalue weighted by Crippen LogP contribution is 2.32. The van der Waals surface area contributed by atoms with Crippen molar-refractivity contribution in [1.29, 1.82) is 0 Å². The van der Waals surface area contributed by atoms with E-state index in [1.165, 1.54) is 29.5 Å². The van der Waals surface area contributed by atoms with Crippen LogP contribution in [0.25, 0.3) is 10.6 Å². The molecular formula is C15H18F2N2S. The summed E-state index contributed by atoms with van der Waals surface area (Å²) in [5.74, 6) is -1.12. The van der Waals surface area contributed by atoms with Crippen molar-refractivity contribution in [2.24, 2.45) is 0 Å². The number of benzene rings is 1. The van der Waals surface area contributed by atoms with E-state index in [1.54, 1.807) is 0 Å². The van der Waals surface area contributed by atoms with Crippen LogP contribution in [-0.4, -0.2) is 11.5 Å². The SMILES string of the molecule is CCCNCc1sc(-c2c(F)cccc2F)nc1CC. The topological polar surface area (TPSA) is 24.9 Å². The van der Waals surface area contributed by atoms with Gasteiger partial charge in [0.2, 0.25) is 0 Å². The number of nitrogens with zero attached hydrogens (tertiary/aromatic N) is 1. The van der Waals surface area contributed by atoms with E-state index in [1.807, 2.05) is 6.92 Å². The van der Waals surface area contributed by atoms with Gasteiger partial charge in [0.1, 0.15) is 16.6 Å². The Morgan fingerprint density at radius 2 is 1.90 bits per heavy atom. The normalized spacial score (nSPS) is 11.0. The van der Waals surface area contributed by atoms with Crippen LogP contribution >= 0.6 is 11.3 Å². The summed E-state index contributed by atoms with van der Waals surface area (Å²) in [5.41, 5.74) is 0.894. The highest BCUT2D eigenvalue weighted by Gasteiger charge is 2.17. The van der Waals surface area contributed by atoms with Gasteiger partial charge in [0.15, 0.2) is 0 Å². The second-order valence-electron chi connectivity index (χ2n) is 4.52. The number of thiazole rings is 1. The summed E-state index contributed by atoms with van der Waals surface area (Å²) in [6.45, 7) is 5.72. The quantitative estimate of drug-likeness (QED) is 0.810. The summed E-state index contributed by atoms with van der Waals surface area (Å²) in [5, 5.41) is 3.72. The van der Waals surface area contributed by atoms with Crippen LogP contribution in [0.1, 0.15) is 30.8 Å². The summed E-state index contributed by atoms with van der Waals surface area (Å²) in [4.78, 5) is 5.45. The van der Waals surface area contributed by atoms with Crippen molar-refractivity contribution >= 4 is 11.3 Å². The second kappa shape index (κ2) is 6.90. The maximum Gasteiger partial charge on any atom is 0.136 e. The Morgan fingerprint density at radius 1 is 1.20 bits per heavy atom. The number of aryl methyl sites for hydroxylation is 1. The molecule has 0 aliphatic rings. The first-order valence-corrected chi connectivity index (χ1v) is 7.62. The molecule has 2 aromatic rings. The number of rotatable bonds is 6. The van der Waals surface area contributed by atoms with Gasteiger partial charge >= 0.3 is 0 Å². The molecule has 0 aliphatic carbocycles. The van der Waals surface area contributed by atoms with Gasteiger partial charge in [-0.15, -0.1) is 11.3 Å². The zero-order valence-corrected chi connectivity index (χ0v) is 12.5. The molecule has 0 atom stereocenters. The average molecular weight is 296 g/mol. The largest absolute Gasteiger partial charge is 0.312 e. The van der Waals surface area contributed by atoms with Gasteiger partial charge in [0, 0.05) is 11.4 Å². The molecule has 2 nitrogen and oxygen atoms in total. The Morgan fingerprint density at radius 3 is 2.50 bits per heavy atom. The van der Waals surface area contributed by atoms with Gasteiger partial charge < -0.3 is 5.32 Å². The smallest absolute Gasteiger partial charge is 0.136 e. The van der Waals surface area contributed by atoms with Gasteiger partial charge in [-0.2, -0.15) is 0 Å². The molecule has 2 rings (SSSR count). The van der Waals surface area contributed by atoms with Gasteiger partial charge in [-0.1, -0.05) is 19.9 Å². The molecule has 1 aromatic carbocycles. The molecule has 0 bridgehead atoms. The summed E-state index contributed by atoms with van der Waals surface area (Å²) < 4.78 is 27.6. The third kappa shape index (κ3) is 3.22. The van der Waals surface area contributed by atoms with Crippen molar-refractivity contribution in [1.82, 2.24) is 10.3 Å². The van der Waals surface area contributed by atoms with E-state index in [9.17, 15) is 8.78 Å². The predicted octanol–water partition coefficient (Wildman–Crippen LogP) is 4.15. The first-order valence-electron chi connectivity index (χ1n) is 6.81. The number of hydrogen-bond acceptors (Lipinski definition) is 3. The molecule has 0 radical (unpaired) electrons. The minimum absolute atomic E-state index is 0.0195. The third-order valence-electron chi connectivity index (χ3n) is 3.00. The fraction of sp³-hybridized carbons (Fsp3) is 0.400. The van der Waals surface area contributed by atoms with Crippen LogP contribution in [0, 0.1) is 11.6 Å². The fourth-order valence-corrected chi connectivity index (χ4v) is 3.15. The molecule has 0 saturated heterocycles. The number of hydrogen-bond donors (Lipinski definition) is 1. The first kappa shape index (κ1) is 15.1. The lowest BCUT2D eigenvalue weighted by molar-refractivity contribution is 0.589. The molecule has 108 valence electrons. The minimum Gasteiger partial charge on any atom is -0.312 e. The Balaban J connectivity index is 2.33. The second-order valence-corrected chi connectivity index (χ2v) is 5.60. The van der Waals surface area contributed by atoms with E-state index in [2.05, 4.69) is 17.2 Å². The Labute approximate surface area is 121 Å². The summed E-state index contributed by atoms with van der Waals surface area (Å²) in [6.07, 6.45) is 1.81. The molecule has 0 unspecified atom stereocenters. The van der Waals surface area contributed by atoms with Gasteiger partial charge in [-0.25, -0.2) is 13.8 Å². The van der Waals surface area contributed by atoms with Crippen molar-refractivity contribution < 1.29 is 8.78 Å². The molecule has 0 amide bonds. The maximum absolute atomic E-state index is 13.8. The van der Waals surface area contributed by atoms with Crippen LogP contribution in [0.2, 0.25) is 0 Å². The lowest BCUT2D eigenvalue weighted by Crippen LogP contribution is -2.13. The van der Waals surface area contributed by atoms with Crippen LogP contribution in [0.4, 0.5) is 8.78 Å². The monoisotopic (exact) mass is 296 g/mol. The molecule has 20 heavy (non-hydrogen) atoms. The van der Waals surface area contributed by atoms with Crippen LogP contribution in [0.15, 0.2) is 18.2 Å². The molecule has 0 aliphatic heterocycles. The van der Waals surface area contributed by atoms with Crippen LogP contribution < -0.4 is 5.32 Å². The van der Waals surface area contributed by atoms with Crippen molar-refractivity contribution in [3.05, 3.63) is 40.4 Å². The molecule has 0 saturated carbocycles. The van der Waals surface area contributed by atoms with Crippen molar-refractivity contribution in [2.45, 2.75) is 33.2 Å². The van der Waals surface area contributed by atoms with E-state index < -0.39 is 11.6 Å². The maximum atomic E-state index is 13.8. The van der Waals surface area contributed by atoms with Gasteiger partial charge in [0.25, 0.3) is 0 Å². The number of halogens is 2. The van der Waals surface area contributed by atoms with Crippen LogP contribution in [-0.2, 0) is 13.0 Å². The first-order chi connectivity index (χ1) is 9.67. The molecular weight excluding hydrogens is 278 g/mol. The predicted molar refractivity (Wildman–Crippen MR) is 78.8 cm³/mol.